The summed E-state index contributed by atoms with van der Waals surface area (Å²) in [6, 6.07) is 8.56. The van der Waals surface area contributed by atoms with Gasteiger partial charge in [-0.15, -0.1) is 0 Å². The van der Waals surface area contributed by atoms with Crippen LogP contribution in [0.25, 0.3) is 0 Å². The molecule has 0 spiro atoms. The van der Waals surface area contributed by atoms with Crippen molar-refractivity contribution in [1.82, 2.24) is 5.32 Å². The van der Waals surface area contributed by atoms with E-state index in [9.17, 15) is 9.59 Å². The van der Waals surface area contributed by atoms with Gasteiger partial charge in [0.1, 0.15) is 11.5 Å². The maximum atomic E-state index is 11.5. The van der Waals surface area contributed by atoms with Gasteiger partial charge in [0.15, 0.2) is 0 Å². The summed E-state index contributed by atoms with van der Waals surface area (Å²) in [6.45, 7) is 0. The van der Waals surface area contributed by atoms with Crippen LogP contribution in [0.5, 0.6) is 11.5 Å². The fourth-order valence-corrected chi connectivity index (χ4v) is 2.31. The highest BCUT2D eigenvalue weighted by atomic mass is 35.5. The molecule has 126 valence electrons. The molecule has 2 rings (SSSR count). The molecule has 0 aromatic heterocycles. The second-order valence-electron chi connectivity index (χ2n) is 4.39. The molecule has 24 heavy (non-hydrogen) atoms. The number of ether oxygens (including phenoxy) is 2. The number of nitrogens with one attached hydrogen (secondary N) is 2. The first kappa shape index (κ1) is 18.2. The smallest absolute Gasteiger partial charge is 0.415 e. The number of methoxy groups -OCH3 is 1. The largest absolute Gasteiger partial charge is 0.454 e. The minimum Gasteiger partial charge on any atom is -0.454 e. The molecule has 3 amide bonds. The van der Waals surface area contributed by atoms with E-state index in [-0.39, 0.29) is 5.02 Å². The zero-order valence-corrected chi connectivity index (χ0v) is 14.5. The van der Waals surface area contributed by atoms with Crippen LogP contribution >= 0.6 is 34.8 Å². The maximum absolute atomic E-state index is 11.5. The normalized spacial score (nSPS) is 10.0. The molecule has 0 fully saturated rings. The molecule has 0 unspecified atom stereocenters. The van der Waals surface area contributed by atoms with Crippen LogP contribution in [-0.4, -0.2) is 19.2 Å². The number of amides is 3. The van der Waals surface area contributed by atoms with Crippen molar-refractivity contribution in [3.05, 3.63) is 51.5 Å². The zero-order valence-electron chi connectivity index (χ0n) is 12.2. The van der Waals surface area contributed by atoms with E-state index in [0.29, 0.717) is 27.2 Å². The summed E-state index contributed by atoms with van der Waals surface area (Å²) in [5, 5.41) is 5.42. The van der Waals surface area contributed by atoms with Crippen LogP contribution in [-0.2, 0) is 4.74 Å². The summed E-state index contributed by atoms with van der Waals surface area (Å²) in [4.78, 5) is 22.4. The van der Waals surface area contributed by atoms with Gasteiger partial charge in [0.2, 0.25) is 0 Å². The third kappa shape index (κ3) is 4.92. The molecule has 6 nitrogen and oxygen atoms in total. The third-order valence-electron chi connectivity index (χ3n) is 2.70. The Bertz CT molecular complexity index is 783. The summed E-state index contributed by atoms with van der Waals surface area (Å²) >= 11 is 18.0. The van der Waals surface area contributed by atoms with Gasteiger partial charge in [-0.05, 0) is 36.4 Å². The Balaban J connectivity index is 2.09. The van der Waals surface area contributed by atoms with Crippen molar-refractivity contribution in [2.24, 2.45) is 0 Å². The second kappa shape index (κ2) is 8.10. The van der Waals surface area contributed by atoms with E-state index in [0.717, 1.165) is 7.11 Å². The molecule has 0 heterocycles. The summed E-state index contributed by atoms with van der Waals surface area (Å²) in [5.74, 6) is 0.715. The van der Waals surface area contributed by atoms with Crippen LogP contribution < -0.4 is 15.4 Å². The number of imide groups is 1. The molecule has 0 bridgehead atoms. The Morgan fingerprint density at radius 3 is 2.17 bits per heavy atom. The van der Waals surface area contributed by atoms with Gasteiger partial charge < -0.3 is 14.8 Å². The van der Waals surface area contributed by atoms with E-state index >= 15 is 0 Å². The molecule has 2 N–H and O–H groups in total. The number of hydrogen-bond donors (Lipinski definition) is 2. The van der Waals surface area contributed by atoms with Crippen LogP contribution in [0.15, 0.2) is 36.4 Å². The molecular formula is C15H11Cl3N2O4. The van der Waals surface area contributed by atoms with Crippen molar-refractivity contribution in [1.29, 1.82) is 0 Å². The number of carbonyl (C=O) groups excluding carboxylic acids is 2. The van der Waals surface area contributed by atoms with Gasteiger partial charge in [-0.1, -0.05) is 34.8 Å². The van der Waals surface area contributed by atoms with E-state index < -0.39 is 12.1 Å². The topological polar surface area (TPSA) is 76.7 Å². The van der Waals surface area contributed by atoms with Crippen molar-refractivity contribution in [3.8, 4) is 11.5 Å². The first-order chi connectivity index (χ1) is 11.4. The van der Waals surface area contributed by atoms with Crippen molar-refractivity contribution in [2.75, 3.05) is 12.4 Å². The fraction of sp³-hybridized carbons (Fsp3) is 0.0667. The summed E-state index contributed by atoms with van der Waals surface area (Å²) < 4.78 is 9.92. The highest BCUT2D eigenvalue weighted by molar-refractivity contribution is 6.35. The van der Waals surface area contributed by atoms with E-state index in [1.165, 1.54) is 6.07 Å². The fourth-order valence-electron chi connectivity index (χ4n) is 1.64. The van der Waals surface area contributed by atoms with E-state index in [2.05, 4.69) is 10.1 Å². The molecule has 2 aromatic rings. The Labute approximate surface area is 152 Å². The summed E-state index contributed by atoms with van der Waals surface area (Å²) in [6.07, 6.45) is -0.879. The predicted octanol–water partition coefficient (Wildman–Crippen LogP) is 5.33. The van der Waals surface area contributed by atoms with Gasteiger partial charge in [0, 0.05) is 10.7 Å². The van der Waals surface area contributed by atoms with Gasteiger partial charge >= 0.3 is 12.1 Å². The molecule has 2 aromatic carbocycles. The molecule has 0 aliphatic rings. The molecular weight excluding hydrogens is 379 g/mol. The Hall–Kier alpha value is -2.15. The molecule has 9 heteroatoms. The first-order valence-corrected chi connectivity index (χ1v) is 7.61. The zero-order chi connectivity index (χ0) is 17.7. The van der Waals surface area contributed by atoms with Crippen molar-refractivity contribution in [2.45, 2.75) is 0 Å². The van der Waals surface area contributed by atoms with Crippen LogP contribution in [0.2, 0.25) is 15.1 Å². The highest BCUT2D eigenvalue weighted by Gasteiger charge is 2.11. The van der Waals surface area contributed by atoms with Crippen LogP contribution in [0.1, 0.15) is 0 Å². The van der Waals surface area contributed by atoms with E-state index in [1.54, 1.807) is 30.3 Å². The van der Waals surface area contributed by atoms with Crippen molar-refractivity contribution in [3.63, 3.8) is 0 Å². The lowest BCUT2D eigenvalue weighted by molar-refractivity contribution is 0.172. The van der Waals surface area contributed by atoms with Crippen LogP contribution in [0.4, 0.5) is 15.3 Å². The summed E-state index contributed by atoms with van der Waals surface area (Å²) in [5.41, 5.74) is 0.357. The number of alkyl carbamates (subject to hydrolysis) is 1. The molecule has 0 atom stereocenters. The monoisotopic (exact) mass is 388 g/mol. The number of anilines is 1. The summed E-state index contributed by atoms with van der Waals surface area (Å²) in [7, 11) is 1.15. The Kier molecular flexibility index (Phi) is 6.14. The van der Waals surface area contributed by atoms with Gasteiger partial charge in [-0.2, -0.15) is 0 Å². The lowest BCUT2D eigenvalue weighted by Gasteiger charge is -2.11. The quantitative estimate of drug-likeness (QED) is 0.744. The number of halogens is 3. The van der Waals surface area contributed by atoms with Crippen molar-refractivity contribution >= 4 is 52.6 Å². The number of benzene rings is 2. The average Bonchev–Trinajstić information content (AvgIpc) is 2.52. The Morgan fingerprint density at radius 1 is 0.958 bits per heavy atom. The lowest BCUT2D eigenvalue weighted by atomic mass is 10.3. The van der Waals surface area contributed by atoms with Crippen LogP contribution in [0.3, 0.4) is 0 Å². The first-order valence-electron chi connectivity index (χ1n) is 6.47. The second-order valence-corrected chi connectivity index (χ2v) is 5.64. The number of rotatable bonds is 3. The Morgan fingerprint density at radius 2 is 1.58 bits per heavy atom. The predicted molar refractivity (Wildman–Crippen MR) is 92.5 cm³/mol. The maximum Gasteiger partial charge on any atom is 0.415 e. The SMILES string of the molecule is COC(=O)NC(=O)Nc1ccc(Oc2ccc(Cl)cc2Cl)c(Cl)c1. The number of carbonyl (C=O) groups is 2. The lowest BCUT2D eigenvalue weighted by Crippen LogP contribution is -2.34. The molecule has 0 saturated heterocycles. The third-order valence-corrected chi connectivity index (χ3v) is 3.53. The van der Waals surface area contributed by atoms with Crippen LogP contribution in [0, 0.1) is 0 Å². The highest BCUT2D eigenvalue weighted by Crippen LogP contribution is 2.36. The minimum atomic E-state index is -0.879. The van der Waals surface area contributed by atoms with Gasteiger partial charge in [-0.3, -0.25) is 0 Å². The number of urea groups is 1. The molecule has 0 radical (unpaired) electrons. The molecule has 0 aliphatic heterocycles. The van der Waals surface area contributed by atoms with Crippen molar-refractivity contribution < 1.29 is 19.1 Å². The average molecular weight is 390 g/mol. The minimum absolute atomic E-state index is 0.233. The van der Waals surface area contributed by atoms with Gasteiger partial charge in [0.05, 0.1) is 17.2 Å². The molecule has 0 saturated carbocycles. The van der Waals surface area contributed by atoms with Gasteiger partial charge in [0.25, 0.3) is 0 Å². The standard InChI is InChI=1S/C15H11Cl3N2O4/c1-23-15(22)20-14(21)19-9-3-5-13(11(18)7-9)24-12-4-2-8(16)6-10(12)17/h2-7H,1H3,(H2,19,20,21,22). The number of hydrogen-bond acceptors (Lipinski definition) is 4. The van der Waals surface area contributed by atoms with Gasteiger partial charge in [-0.25, -0.2) is 14.9 Å². The van der Waals surface area contributed by atoms with E-state index in [4.69, 9.17) is 39.5 Å². The van der Waals surface area contributed by atoms with E-state index in [1.807, 2.05) is 5.32 Å². The molecule has 0 aliphatic carbocycles.